The number of hydrogen-bond acceptors (Lipinski definition) is 6. The van der Waals surface area contributed by atoms with Crippen molar-refractivity contribution in [2.24, 2.45) is 11.5 Å². The Morgan fingerprint density at radius 3 is 1.27 bits per heavy atom. The van der Waals surface area contributed by atoms with E-state index in [2.05, 4.69) is 5.73 Å². The summed E-state index contributed by atoms with van der Waals surface area (Å²) in [4.78, 5) is 29.0. The second-order valence-corrected chi connectivity index (χ2v) is 2.24. The van der Waals surface area contributed by atoms with E-state index in [0.717, 1.165) is 0 Å². The molecule has 0 aromatic heterocycles. The number of primary amides is 1. The summed E-state index contributed by atoms with van der Waals surface area (Å²) in [5.41, 5.74) is 9.22. The summed E-state index contributed by atoms with van der Waals surface area (Å²) >= 11 is 0. The van der Waals surface area contributed by atoms with E-state index in [1.165, 1.54) is 0 Å². The third-order valence-corrected chi connectivity index (χ3v) is 1.01. The number of aliphatic hydroxyl groups excluding tert-OH is 2. The van der Waals surface area contributed by atoms with Crippen molar-refractivity contribution in [1.82, 2.24) is 0 Å². The van der Waals surface area contributed by atoms with Crippen molar-refractivity contribution in [3.8, 4) is 0 Å². The summed E-state index contributed by atoms with van der Waals surface area (Å²) in [7, 11) is 0. The molecule has 0 aliphatic heterocycles. The summed E-state index contributed by atoms with van der Waals surface area (Å²) in [6.07, 6.45) is -4.53. The zero-order valence-corrected chi connectivity index (χ0v) is 7.53. The molecule has 15 heavy (non-hydrogen) atoms. The summed E-state index contributed by atoms with van der Waals surface area (Å²) in [5, 5.41) is 32.5. The molecular weight excluding hydrogens is 212 g/mol. The van der Waals surface area contributed by atoms with Gasteiger partial charge in [-0.1, -0.05) is 0 Å². The van der Waals surface area contributed by atoms with Gasteiger partial charge in [-0.05, 0) is 0 Å². The molecule has 9 nitrogen and oxygen atoms in total. The van der Waals surface area contributed by atoms with Crippen LogP contribution in [0, 0.1) is 0 Å². The van der Waals surface area contributed by atoms with Crippen LogP contribution in [0.3, 0.4) is 0 Å². The van der Waals surface area contributed by atoms with Gasteiger partial charge in [0.2, 0.25) is 5.91 Å². The molecule has 8 N–H and O–H groups in total. The standard InChI is InChI=1S/C4H6O6.C2H6N2O/c5-1(3(7)8)2(6)4(9)10;3-1-2(4)5/h1-2,5-6H,(H,7,8)(H,9,10);1,3H2,(H2,4,5). The minimum absolute atomic E-state index is 0.0556. The van der Waals surface area contributed by atoms with E-state index in [1.807, 2.05) is 0 Å². The monoisotopic (exact) mass is 224 g/mol. The normalized spacial score (nSPS) is 13.0. The molecule has 0 saturated heterocycles. The summed E-state index contributed by atoms with van der Waals surface area (Å²) < 4.78 is 0. The second-order valence-electron chi connectivity index (χ2n) is 2.24. The van der Waals surface area contributed by atoms with Gasteiger partial charge in [0.05, 0.1) is 6.54 Å². The number of carbonyl (C=O) groups excluding carboxylic acids is 1. The van der Waals surface area contributed by atoms with E-state index in [1.54, 1.807) is 0 Å². The van der Waals surface area contributed by atoms with Crippen LogP contribution in [0.2, 0.25) is 0 Å². The maximum atomic E-state index is 9.77. The second kappa shape index (κ2) is 7.67. The van der Waals surface area contributed by atoms with Crippen LogP contribution in [0.1, 0.15) is 0 Å². The van der Waals surface area contributed by atoms with Crippen LogP contribution in [0.4, 0.5) is 0 Å². The van der Waals surface area contributed by atoms with E-state index in [0.29, 0.717) is 0 Å². The van der Waals surface area contributed by atoms with E-state index in [-0.39, 0.29) is 6.54 Å². The smallest absolute Gasteiger partial charge is 0.335 e. The van der Waals surface area contributed by atoms with Crippen molar-refractivity contribution in [3.63, 3.8) is 0 Å². The van der Waals surface area contributed by atoms with Crippen LogP contribution < -0.4 is 11.5 Å². The summed E-state index contributed by atoms with van der Waals surface area (Å²) in [6.45, 7) is -0.0556. The Bertz CT molecular complexity index is 224. The summed E-state index contributed by atoms with van der Waals surface area (Å²) in [6, 6.07) is 0. The maximum absolute atomic E-state index is 9.77. The zero-order valence-electron chi connectivity index (χ0n) is 7.53. The molecule has 0 aliphatic carbocycles. The Morgan fingerprint density at radius 1 is 1.00 bits per heavy atom. The Labute approximate surface area is 83.9 Å². The van der Waals surface area contributed by atoms with Crippen LogP contribution in [0.15, 0.2) is 0 Å². The van der Waals surface area contributed by atoms with Gasteiger partial charge in [0.15, 0.2) is 12.2 Å². The van der Waals surface area contributed by atoms with Gasteiger partial charge in [0.1, 0.15) is 0 Å². The molecule has 0 aliphatic rings. The topological polar surface area (TPSA) is 184 Å². The van der Waals surface area contributed by atoms with Gasteiger partial charge in [-0.2, -0.15) is 0 Å². The molecule has 0 spiro atoms. The van der Waals surface area contributed by atoms with Crippen LogP contribution in [0.25, 0.3) is 0 Å². The quantitative estimate of drug-likeness (QED) is 0.281. The third-order valence-electron chi connectivity index (χ3n) is 1.01. The van der Waals surface area contributed by atoms with Crippen molar-refractivity contribution < 1.29 is 34.8 Å². The first-order chi connectivity index (χ1) is 6.73. The number of aliphatic hydroxyl groups is 2. The van der Waals surface area contributed by atoms with Gasteiger partial charge in [-0.3, -0.25) is 4.79 Å². The molecule has 0 aromatic carbocycles. The molecule has 0 bridgehead atoms. The lowest BCUT2D eigenvalue weighted by Crippen LogP contribution is -2.39. The van der Waals surface area contributed by atoms with Crippen molar-refractivity contribution in [2.75, 3.05) is 6.54 Å². The van der Waals surface area contributed by atoms with Crippen LogP contribution in [0.5, 0.6) is 0 Å². The molecule has 88 valence electrons. The lowest BCUT2D eigenvalue weighted by atomic mass is 10.2. The van der Waals surface area contributed by atoms with Crippen molar-refractivity contribution in [1.29, 1.82) is 0 Å². The van der Waals surface area contributed by atoms with Crippen molar-refractivity contribution >= 4 is 17.8 Å². The lowest BCUT2D eigenvalue weighted by molar-refractivity contribution is -0.165. The number of rotatable bonds is 4. The van der Waals surface area contributed by atoms with Gasteiger partial charge in [0, 0.05) is 0 Å². The Morgan fingerprint density at radius 2 is 1.20 bits per heavy atom. The molecule has 0 radical (unpaired) electrons. The van der Waals surface area contributed by atoms with Gasteiger partial charge in [-0.25, -0.2) is 9.59 Å². The molecule has 9 heteroatoms. The minimum Gasteiger partial charge on any atom is -0.479 e. The number of hydrogen-bond donors (Lipinski definition) is 6. The SMILES string of the molecule is NCC(N)=O.O=C(O)C(O)C(O)C(=O)O. The minimum atomic E-state index is -2.27. The Balaban J connectivity index is 0. The van der Waals surface area contributed by atoms with Crippen LogP contribution in [-0.4, -0.2) is 57.0 Å². The predicted octanol–water partition coefficient (Wildman–Crippen LogP) is -3.69. The fourth-order valence-corrected chi connectivity index (χ4v) is 0.270. The molecule has 0 saturated carbocycles. The molecular formula is C6H12N2O7. The van der Waals surface area contributed by atoms with Gasteiger partial charge >= 0.3 is 11.9 Å². The highest BCUT2D eigenvalue weighted by molar-refractivity contribution is 5.83. The molecule has 2 atom stereocenters. The zero-order chi connectivity index (χ0) is 12.6. The molecule has 0 heterocycles. The maximum Gasteiger partial charge on any atom is 0.335 e. The van der Waals surface area contributed by atoms with Crippen molar-refractivity contribution in [2.45, 2.75) is 12.2 Å². The number of carbonyl (C=O) groups is 3. The Kier molecular flexibility index (Phi) is 8.05. The van der Waals surface area contributed by atoms with Gasteiger partial charge < -0.3 is 31.9 Å². The average Bonchev–Trinajstić information content (AvgIpc) is 2.16. The third kappa shape index (κ3) is 8.62. The molecule has 0 aromatic rings. The van der Waals surface area contributed by atoms with Crippen LogP contribution >= 0.6 is 0 Å². The number of carboxylic acids is 2. The predicted molar refractivity (Wildman–Crippen MR) is 45.5 cm³/mol. The fourth-order valence-electron chi connectivity index (χ4n) is 0.270. The highest BCUT2D eigenvalue weighted by Crippen LogP contribution is 1.92. The number of amides is 1. The first kappa shape index (κ1) is 15.7. The number of aliphatic carboxylic acids is 2. The molecule has 2 unspecified atom stereocenters. The largest absolute Gasteiger partial charge is 0.479 e. The molecule has 0 rings (SSSR count). The molecule has 1 amide bonds. The van der Waals surface area contributed by atoms with E-state index >= 15 is 0 Å². The Hall–Kier alpha value is -1.71. The summed E-state index contributed by atoms with van der Waals surface area (Å²) in [5.74, 6) is -4.00. The van der Waals surface area contributed by atoms with E-state index in [4.69, 9.17) is 26.2 Å². The average molecular weight is 224 g/mol. The van der Waals surface area contributed by atoms with E-state index < -0.39 is 30.1 Å². The number of carboxylic acid groups (broad SMARTS) is 2. The lowest BCUT2D eigenvalue weighted by Gasteiger charge is -2.07. The first-order valence-electron chi connectivity index (χ1n) is 3.54. The van der Waals surface area contributed by atoms with Crippen LogP contribution in [-0.2, 0) is 14.4 Å². The first-order valence-corrected chi connectivity index (χ1v) is 3.54. The van der Waals surface area contributed by atoms with Gasteiger partial charge in [0.25, 0.3) is 0 Å². The molecule has 0 fully saturated rings. The van der Waals surface area contributed by atoms with Crippen molar-refractivity contribution in [3.05, 3.63) is 0 Å². The van der Waals surface area contributed by atoms with E-state index in [9.17, 15) is 14.4 Å². The highest BCUT2D eigenvalue weighted by atomic mass is 16.4. The number of nitrogens with two attached hydrogens (primary N) is 2. The highest BCUT2D eigenvalue weighted by Gasteiger charge is 2.29. The fraction of sp³-hybridized carbons (Fsp3) is 0.500. The van der Waals surface area contributed by atoms with Gasteiger partial charge in [-0.15, -0.1) is 0 Å².